The third-order valence-corrected chi connectivity index (χ3v) is 5.06. The number of nitrogens with zero attached hydrogens (tertiary/aromatic N) is 1. The monoisotopic (exact) mass is 328 g/mol. The molecule has 0 radical (unpaired) electrons. The van der Waals surface area contributed by atoms with Gasteiger partial charge in [0, 0.05) is 11.6 Å². The second kappa shape index (κ2) is 6.26. The Morgan fingerprint density at radius 3 is 2.52 bits per heavy atom. The Bertz CT molecular complexity index is 789. The number of aromatic nitrogens is 1. The van der Waals surface area contributed by atoms with E-state index in [2.05, 4.69) is 9.71 Å². The predicted octanol–water partition coefficient (Wildman–Crippen LogP) is 3.97. The number of hydrogen-bond acceptors (Lipinski definition) is 3. The zero-order valence-electron chi connectivity index (χ0n) is 13.4. The van der Waals surface area contributed by atoms with E-state index in [-0.39, 0.29) is 10.8 Å². The van der Waals surface area contributed by atoms with Gasteiger partial charge in [-0.25, -0.2) is 8.93 Å². The SMILES string of the molecule is CC(C)(C)S(=O)NC(c1ccccn1)c1cc2ccccc2o1. The molecule has 120 valence electrons. The molecule has 2 unspecified atom stereocenters. The molecule has 5 heteroatoms. The van der Waals surface area contributed by atoms with Crippen molar-refractivity contribution in [2.24, 2.45) is 0 Å². The summed E-state index contributed by atoms with van der Waals surface area (Å²) < 4.78 is 21.3. The van der Waals surface area contributed by atoms with Gasteiger partial charge in [0.15, 0.2) is 0 Å². The smallest absolute Gasteiger partial charge is 0.134 e. The first-order chi connectivity index (χ1) is 10.9. The lowest BCUT2D eigenvalue weighted by atomic mass is 10.1. The summed E-state index contributed by atoms with van der Waals surface area (Å²) >= 11 is 0. The third-order valence-electron chi connectivity index (χ3n) is 3.49. The van der Waals surface area contributed by atoms with Crippen molar-refractivity contribution in [1.29, 1.82) is 0 Å². The predicted molar refractivity (Wildman–Crippen MR) is 93.3 cm³/mol. The molecule has 0 amide bonds. The van der Waals surface area contributed by atoms with Crippen LogP contribution in [0.1, 0.15) is 38.3 Å². The van der Waals surface area contributed by atoms with Crippen LogP contribution in [0, 0.1) is 0 Å². The average Bonchev–Trinajstić information content (AvgIpc) is 2.95. The van der Waals surface area contributed by atoms with E-state index in [1.165, 1.54) is 0 Å². The van der Waals surface area contributed by atoms with Gasteiger partial charge in [-0.2, -0.15) is 0 Å². The van der Waals surface area contributed by atoms with Crippen LogP contribution in [-0.4, -0.2) is 13.9 Å². The Labute approximate surface area is 138 Å². The van der Waals surface area contributed by atoms with Gasteiger partial charge in [-0.15, -0.1) is 0 Å². The molecule has 0 aliphatic carbocycles. The Hall–Kier alpha value is -1.98. The van der Waals surface area contributed by atoms with E-state index in [9.17, 15) is 4.21 Å². The van der Waals surface area contributed by atoms with Gasteiger partial charge >= 0.3 is 0 Å². The van der Waals surface area contributed by atoms with Crippen LogP contribution in [0.2, 0.25) is 0 Å². The van der Waals surface area contributed by atoms with Gasteiger partial charge in [-0.05, 0) is 45.0 Å². The van der Waals surface area contributed by atoms with Gasteiger partial charge in [0.1, 0.15) is 17.4 Å². The number of hydrogen-bond donors (Lipinski definition) is 1. The largest absolute Gasteiger partial charge is 0.459 e. The molecule has 0 aliphatic rings. The van der Waals surface area contributed by atoms with Crippen molar-refractivity contribution in [2.45, 2.75) is 31.6 Å². The summed E-state index contributed by atoms with van der Waals surface area (Å²) in [6.45, 7) is 5.80. The summed E-state index contributed by atoms with van der Waals surface area (Å²) in [6.07, 6.45) is 1.73. The number of rotatable bonds is 4. The molecule has 23 heavy (non-hydrogen) atoms. The van der Waals surface area contributed by atoms with Crippen molar-refractivity contribution in [3.05, 3.63) is 66.2 Å². The van der Waals surface area contributed by atoms with Gasteiger partial charge in [0.2, 0.25) is 0 Å². The molecule has 1 N–H and O–H groups in total. The fourth-order valence-corrected chi connectivity index (χ4v) is 3.04. The summed E-state index contributed by atoms with van der Waals surface area (Å²) in [6, 6.07) is 15.1. The summed E-state index contributed by atoms with van der Waals surface area (Å²) in [5, 5.41) is 1.02. The molecular formula is C18H20N2O2S. The van der Waals surface area contributed by atoms with Crippen LogP contribution in [0.15, 0.2) is 59.1 Å². The molecule has 0 fully saturated rings. The highest BCUT2D eigenvalue weighted by molar-refractivity contribution is 7.84. The van der Waals surface area contributed by atoms with E-state index in [0.29, 0.717) is 5.76 Å². The zero-order chi connectivity index (χ0) is 16.4. The molecule has 0 aliphatic heterocycles. The normalized spacial score (nSPS) is 14.7. The summed E-state index contributed by atoms with van der Waals surface area (Å²) in [4.78, 5) is 4.40. The Balaban J connectivity index is 2.02. The van der Waals surface area contributed by atoms with Crippen LogP contribution in [0.25, 0.3) is 11.0 Å². The fourth-order valence-electron chi connectivity index (χ4n) is 2.24. The first kappa shape index (κ1) is 15.9. The van der Waals surface area contributed by atoms with Crippen molar-refractivity contribution < 1.29 is 8.63 Å². The maximum absolute atomic E-state index is 12.6. The number of para-hydroxylation sites is 1. The first-order valence-electron chi connectivity index (χ1n) is 7.52. The molecule has 2 heterocycles. The third kappa shape index (κ3) is 3.51. The zero-order valence-corrected chi connectivity index (χ0v) is 14.3. The van der Waals surface area contributed by atoms with Gasteiger partial charge in [-0.3, -0.25) is 4.98 Å². The minimum Gasteiger partial charge on any atom is -0.459 e. The summed E-state index contributed by atoms with van der Waals surface area (Å²) in [5.41, 5.74) is 1.59. The van der Waals surface area contributed by atoms with Crippen molar-refractivity contribution >= 4 is 22.0 Å². The minimum atomic E-state index is -1.24. The lowest BCUT2D eigenvalue weighted by Crippen LogP contribution is -2.36. The number of pyridine rings is 1. The highest BCUT2D eigenvalue weighted by atomic mass is 32.2. The molecule has 0 saturated heterocycles. The second-order valence-corrected chi connectivity index (χ2v) is 8.37. The van der Waals surface area contributed by atoms with E-state index >= 15 is 0 Å². The van der Waals surface area contributed by atoms with E-state index < -0.39 is 11.0 Å². The number of furan rings is 1. The molecule has 4 nitrogen and oxygen atoms in total. The van der Waals surface area contributed by atoms with Crippen LogP contribution in [0.4, 0.5) is 0 Å². The maximum atomic E-state index is 12.6. The number of fused-ring (bicyclic) bond motifs is 1. The highest BCUT2D eigenvalue weighted by Gasteiger charge is 2.27. The van der Waals surface area contributed by atoms with Gasteiger partial charge in [0.25, 0.3) is 0 Å². The summed E-state index contributed by atoms with van der Waals surface area (Å²) in [5.74, 6) is 0.711. The van der Waals surface area contributed by atoms with Crippen LogP contribution in [-0.2, 0) is 11.0 Å². The van der Waals surface area contributed by atoms with Crippen LogP contribution >= 0.6 is 0 Å². The lowest BCUT2D eigenvalue weighted by molar-refractivity contribution is 0.501. The highest BCUT2D eigenvalue weighted by Crippen LogP contribution is 2.28. The van der Waals surface area contributed by atoms with Gasteiger partial charge in [-0.1, -0.05) is 24.3 Å². The minimum absolute atomic E-state index is 0.358. The number of nitrogens with one attached hydrogen (secondary N) is 1. The quantitative estimate of drug-likeness (QED) is 0.788. The fraction of sp³-hybridized carbons (Fsp3) is 0.278. The molecule has 0 spiro atoms. The molecule has 0 bridgehead atoms. The Morgan fingerprint density at radius 2 is 1.87 bits per heavy atom. The van der Waals surface area contributed by atoms with Gasteiger partial charge < -0.3 is 4.42 Å². The van der Waals surface area contributed by atoms with Crippen molar-refractivity contribution in [1.82, 2.24) is 9.71 Å². The molecule has 3 aromatic rings. The average molecular weight is 328 g/mol. The van der Waals surface area contributed by atoms with E-state index in [4.69, 9.17) is 4.42 Å². The molecule has 2 aromatic heterocycles. The van der Waals surface area contributed by atoms with Crippen LogP contribution in [0.5, 0.6) is 0 Å². The van der Waals surface area contributed by atoms with E-state index in [1.807, 2.05) is 69.3 Å². The molecule has 3 rings (SSSR count). The molecule has 2 atom stereocenters. The Morgan fingerprint density at radius 1 is 1.13 bits per heavy atom. The van der Waals surface area contributed by atoms with E-state index in [1.54, 1.807) is 6.20 Å². The van der Waals surface area contributed by atoms with Crippen molar-refractivity contribution in [3.8, 4) is 0 Å². The molecular weight excluding hydrogens is 308 g/mol. The first-order valence-corrected chi connectivity index (χ1v) is 8.67. The second-order valence-electron chi connectivity index (χ2n) is 6.37. The Kier molecular flexibility index (Phi) is 4.33. The molecule has 1 aromatic carbocycles. The van der Waals surface area contributed by atoms with Crippen LogP contribution < -0.4 is 4.72 Å². The lowest BCUT2D eigenvalue weighted by Gasteiger charge is -2.22. The summed E-state index contributed by atoms with van der Waals surface area (Å²) in [7, 11) is -1.24. The number of benzene rings is 1. The van der Waals surface area contributed by atoms with E-state index in [0.717, 1.165) is 16.7 Å². The van der Waals surface area contributed by atoms with Gasteiger partial charge in [0.05, 0.1) is 21.4 Å². The van der Waals surface area contributed by atoms with Crippen molar-refractivity contribution in [3.63, 3.8) is 0 Å². The standard InChI is InChI=1S/C18H20N2O2S/c1-18(2,3)23(21)20-17(14-9-6-7-11-19-14)16-12-13-8-4-5-10-15(13)22-16/h4-12,17,20H,1-3H3. The maximum Gasteiger partial charge on any atom is 0.134 e. The molecule has 0 saturated carbocycles. The topological polar surface area (TPSA) is 55.1 Å². The van der Waals surface area contributed by atoms with Crippen molar-refractivity contribution in [2.75, 3.05) is 0 Å². The van der Waals surface area contributed by atoms with Crippen LogP contribution in [0.3, 0.4) is 0 Å².